The largest absolute Gasteiger partial charge is 0.381 e. The number of nitrogens with zero attached hydrogens (tertiary/aromatic N) is 1. The summed E-state index contributed by atoms with van der Waals surface area (Å²) in [4.78, 5) is 4.49. The van der Waals surface area contributed by atoms with Gasteiger partial charge in [0.15, 0.2) is 0 Å². The zero-order valence-electron chi connectivity index (χ0n) is 11.7. The molecular weight excluding hydrogens is 224 g/mol. The lowest BCUT2D eigenvalue weighted by molar-refractivity contribution is 0.0699. The Balaban J connectivity index is 1.86. The van der Waals surface area contributed by atoms with Crippen molar-refractivity contribution in [1.82, 2.24) is 4.98 Å². The zero-order chi connectivity index (χ0) is 13.0. The maximum absolute atomic E-state index is 5.36. The lowest BCUT2D eigenvalue weighted by Crippen LogP contribution is -2.23. The van der Waals surface area contributed by atoms with Crippen molar-refractivity contribution in [3.8, 4) is 0 Å². The Kier molecular flexibility index (Phi) is 4.23. The standard InChI is InChI=1S/C15H24N2O/c1-15(2,3)13-4-5-14(17-11-13)16-10-12-6-8-18-9-7-12/h4-5,11-12H,6-10H2,1-3H3,(H,16,17). The van der Waals surface area contributed by atoms with E-state index in [-0.39, 0.29) is 5.41 Å². The van der Waals surface area contributed by atoms with Gasteiger partial charge in [-0.2, -0.15) is 0 Å². The Labute approximate surface area is 110 Å². The third-order valence-electron chi connectivity index (χ3n) is 3.54. The van der Waals surface area contributed by atoms with Crippen LogP contribution in [0.4, 0.5) is 5.82 Å². The van der Waals surface area contributed by atoms with Crippen LogP contribution in [0.25, 0.3) is 0 Å². The molecule has 0 unspecified atom stereocenters. The average molecular weight is 248 g/mol. The highest BCUT2D eigenvalue weighted by Gasteiger charge is 2.15. The SMILES string of the molecule is CC(C)(C)c1ccc(NCC2CCOCC2)nc1. The summed E-state index contributed by atoms with van der Waals surface area (Å²) < 4.78 is 5.36. The molecule has 0 spiro atoms. The van der Waals surface area contributed by atoms with E-state index in [1.54, 1.807) is 0 Å². The van der Waals surface area contributed by atoms with E-state index < -0.39 is 0 Å². The van der Waals surface area contributed by atoms with Crippen molar-refractivity contribution in [2.24, 2.45) is 5.92 Å². The highest BCUT2D eigenvalue weighted by molar-refractivity contribution is 5.37. The molecule has 0 aromatic carbocycles. The Morgan fingerprint density at radius 3 is 2.56 bits per heavy atom. The Morgan fingerprint density at radius 2 is 2.00 bits per heavy atom. The molecule has 2 heterocycles. The van der Waals surface area contributed by atoms with Gasteiger partial charge in [-0.1, -0.05) is 26.8 Å². The predicted octanol–water partition coefficient (Wildman–Crippen LogP) is 3.22. The second kappa shape index (κ2) is 5.70. The lowest BCUT2D eigenvalue weighted by Gasteiger charge is -2.23. The van der Waals surface area contributed by atoms with Gasteiger partial charge in [-0.05, 0) is 35.8 Å². The molecule has 2 rings (SSSR count). The number of hydrogen-bond donors (Lipinski definition) is 1. The molecule has 0 bridgehead atoms. The summed E-state index contributed by atoms with van der Waals surface area (Å²) in [5.74, 6) is 1.71. The number of rotatable bonds is 3. The monoisotopic (exact) mass is 248 g/mol. The van der Waals surface area contributed by atoms with E-state index in [9.17, 15) is 0 Å². The number of hydrogen-bond acceptors (Lipinski definition) is 3. The van der Waals surface area contributed by atoms with Gasteiger partial charge >= 0.3 is 0 Å². The van der Waals surface area contributed by atoms with Crippen LogP contribution in [0.5, 0.6) is 0 Å². The normalized spacial score (nSPS) is 17.7. The predicted molar refractivity (Wildman–Crippen MR) is 75.0 cm³/mol. The molecule has 1 fully saturated rings. The fourth-order valence-corrected chi connectivity index (χ4v) is 2.14. The van der Waals surface area contributed by atoms with Crippen LogP contribution in [0.2, 0.25) is 0 Å². The topological polar surface area (TPSA) is 34.1 Å². The van der Waals surface area contributed by atoms with Gasteiger partial charge in [-0.25, -0.2) is 4.98 Å². The van der Waals surface area contributed by atoms with Gasteiger partial charge in [0.1, 0.15) is 5.82 Å². The first kappa shape index (κ1) is 13.3. The van der Waals surface area contributed by atoms with Crippen molar-refractivity contribution in [1.29, 1.82) is 0 Å². The summed E-state index contributed by atoms with van der Waals surface area (Å²) in [5.41, 5.74) is 1.45. The molecule has 1 saturated heterocycles. The summed E-state index contributed by atoms with van der Waals surface area (Å²) in [6, 6.07) is 4.25. The molecule has 0 atom stereocenters. The van der Waals surface area contributed by atoms with Gasteiger partial charge in [0.05, 0.1) is 0 Å². The van der Waals surface area contributed by atoms with E-state index >= 15 is 0 Å². The van der Waals surface area contributed by atoms with Gasteiger partial charge in [0, 0.05) is 26.0 Å². The number of pyridine rings is 1. The minimum Gasteiger partial charge on any atom is -0.381 e. The number of aromatic nitrogens is 1. The van der Waals surface area contributed by atoms with Crippen LogP contribution in [-0.2, 0) is 10.2 Å². The number of ether oxygens (including phenoxy) is 1. The third-order valence-corrected chi connectivity index (χ3v) is 3.54. The van der Waals surface area contributed by atoms with Crippen molar-refractivity contribution in [3.05, 3.63) is 23.9 Å². The van der Waals surface area contributed by atoms with Crippen molar-refractivity contribution in [2.45, 2.75) is 39.0 Å². The van der Waals surface area contributed by atoms with Crippen LogP contribution in [0.3, 0.4) is 0 Å². The molecule has 1 aliphatic heterocycles. The van der Waals surface area contributed by atoms with Gasteiger partial charge in [-0.15, -0.1) is 0 Å². The highest BCUT2D eigenvalue weighted by Crippen LogP contribution is 2.22. The summed E-state index contributed by atoms with van der Waals surface area (Å²) in [6.07, 6.45) is 4.30. The molecule has 3 heteroatoms. The van der Waals surface area contributed by atoms with Crippen LogP contribution in [0.15, 0.2) is 18.3 Å². The van der Waals surface area contributed by atoms with E-state index in [1.807, 2.05) is 6.20 Å². The zero-order valence-corrected chi connectivity index (χ0v) is 11.7. The van der Waals surface area contributed by atoms with E-state index in [0.717, 1.165) is 44.3 Å². The van der Waals surface area contributed by atoms with E-state index in [0.29, 0.717) is 0 Å². The van der Waals surface area contributed by atoms with E-state index in [4.69, 9.17) is 4.74 Å². The van der Waals surface area contributed by atoms with Crippen LogP contribution >= 0.6 is 0 Å². The van der Waals surface area contributed by atoms with Crippen molar-refractivity contribution < 1.29 is 4.74 Å². The van der Waals surface area contributed by atoms with E-state index in [1.165, 1.54) is 5.56 Å². The highest BCUT2D eigenvalue weighted by atomic mass is 16.5. The Hall–Kier alpha value is -1.09. The summed E-state index contributed by atoms with van der Waals surface area (Å²) in [7, 11) is 0. The molecule has 1 aromatic heterocycles. The second-order valence-electron chi connectivity index (χ2n) is 6.12. The maximum Gasteiger partial charge on any atom is 0.125 e. The molecular formula is C15H24N2O. The third kappa shape index (κ3) is 3.70. The maximum atomic E-state index is 5.36. The minimum absolute atomic E-state index is 0.173. The lowest BCUT2D eigenvalue weighted by atomic mass is 9.88. The van der Waals surface area contributed by atoms with Crippen molar-refractivity contribution >= 4 is 5.82 Å². The number of nitrogens with one attached hydrogen (secondary N) is 1. The summed E-state index contributed by atoms with van der Waals surface area (Å²) in [6.45, 7) is 9.44. The molecule has 3 nitrogen and oxygen atoms in total. The van der Waals surface area contributed by atoms with E-state index in [2.05, 4.69) is 43.2 Å². The molecule has 0 radical (unpaired) electrons. The van der Waals surface area contributed by atoms with Gasteiger partial charge in [0.25, 0.3) is 0 Å². The fraction of sp³-hybridized carbons (Fsp3) is 0.667. The number of anilines is 1. The smallest absolute Gasteiger partial charge is 0.125 e. The first-order valence-electron chi connectivity index (χ1n) is 6.84. The van der Waals surface area contributed by atoms with Crippen molar-refractivity contribution in [2.75, 3.05) is 25.1 Å². The Morgan fingerprint density at radius 1 is 1.28 bits per heavy atom. The van der Waals surface area contributed by atoms with Crippen molar-refractivity contribution in [3.63, 3.8) is 0 Å². The Bertz CT molecular complexity index is 361. The molecule has 1 N–H and O–H groups in total. The van der Waals surface area contributed by atoms with Crippen LogP contribution in [-0.4, -0.2) is 24.7 Å². The van der Waals surface area contributed by atoms with Crippen LogP contribution in [0.1, 0.15) is 39.2 Å². The average Bonchev–Trinajstić information content (AvgIpc) is 2.37. The first-order valence-corrected chi connectivity index (χ1v) is 6.84. The second-order valence-corrected chi connectivity index (χ2v) is 6.12. The summed E-state index contributed by atoms with van der Waals surface area (Å²) >= 11 is 0. The van der Waals surface area contributed by atoms with Crippen LogP contribution in [0, 0.1) is 5.92 Å². The fourth-order valence-electron chi connectivity index (χ4n) is 2.14. The van der Waals surface area contributed by atoms with Gasteiger partial charge in [0.2, 0.25) is 0 Å². The molecule has 1 aliphatic rings. The first-order chi connectivity index (χ1) is 8.55. The molecule has 0 amide bonds. The molecule has 18 heavy (non-hydrogen) atoms. The molecule has 100 valence electrons. The molecule has 1 aromatic rings. The molecule has 0 aliphatic carbocycles. The minimum atomic E-state index is 0.173. The van der Waals surface area contributed by atoms with Gasteiger partial charge < -0.3 is 10.1 Å². The molecule has 0 saturated carbocycles. The summed E-state index contributed by atoms with van der Waals surface area (Å²) in [5, 5.41) is 3.43. The van der Waals surface area contributed by atoms with Gasteiger partial charge in [-0.3, -0.25) is 0 Å². The quantitative estimate of drug-likeness (QED) is 0.892. The van der Waals surface area contributed by atoms with Crippen LogP contribution < -0.4 is 5.32 Å².